The van der Waals surface area contributed by atoms with E-state index in [1.165, 1.54) is 5.56 Å². The van der Waals surface area contributed by atoms with Gasteiger partial charge in [0.25, 0.3) is 0 Å². The number of carbonyl (C=O) groups excluding carboxylic acids is 1. The maximum atomic E-state index is 12.6. The number of morpholine rings is 1. The average Bonchev–Trinajstić information content (AvgIpc) is 2.78. The number of benzene rings is 2. The quantitative estimate of drug-likeness (QED) is 0.776. The Bertz CT molecular complexity index is 806. The Labute approximate surface area is 171 Å². The summed E-state index contributed by atoms with van der Waals surface area (Å²) in [6, 6.07) is 16.4. The van der Waals surface area contributed by atoms with Crippen molar-refractivity contribution in [2.75, 3.05) is 46.1 Å². The first kappa shape index (κ1) is 19.7. The first-order valence-corrected chi connectivity index (χ1v) is 10.3. The smallest absolute Gasteiger partial charge is 0.224 e. The van der Waals surface area contributed by atoms with Crippen molar-refractivity contribution < 1.29 is 19.0 Å². The molecule has 1 saturated heterocycles. The summed E-state index contributed by atoms with van der Waals surface area (Å²) in [6.45, 7) is 5.02. The van der Waals surface area contributed by atoms with Crippen LogP contribution in [-0.4, -0.2) is 62.9 Å². The lowest BCUT2D eigenvalue weighted by Crippen LogP contribution is -2.50. The molecule has 29 heavy (non-hydrogen) atoms. The van der Waals surface area contributed by atoms with E-state index in [0.717, 1.165) is 49.8 Å². The molecule has 0 radical (unpaired) electrons. The fraction of sp³-hybridized carbons (Fsp3) is 0.435. The van der Waals surface area contributed by atoms with Gasteiger partial charge in [0.15, 0.2) is 11.5 Å². The third-order valence-electron chi connectivity index (χ3n) is 5.38. The maximum absolute atomic E-state index is 12.6. The number of hydrogen-bond acceptors (Lipinski definition) is 5. The highest BCUT2D eigenvalue weighted by atomic mass is 16.6. The molecule has 2 aliphatic heterocycles. The van der Waals surface area contributed by atoms with Gasteiger partial charge in [-0.05, 0) is 29.7 Å². The van der Waals surface area contributed by atoms with Crippen LogP contribution >= 0.6 is 0 Å². The Morgan fingerprint density at radius 1 is 0.931 bits per heavy atom. The highest BCUT2D eigenvalue weighted by Crippen LogP contribution is 2.30. The second-order valence-electron chi connectivity index (χ2n) is 7.45. The first-order valence-electron chi connectivity index (χ1n) is 10.3. The molecule has 154 valence electrons. The van der Waals surface area contributed by atoms with Crippen molar-refractivity contribution in [1.82, 2.24) is 10.2 Å². The van der Waals surface area contributed by atoms with Gasteiger partial charge < -0.3 is 19.5 Å². The SMILES string of the molecule is O=C(Cc1ccc2c(c1)OCCO2)NCC(Cc1ccccc1)N1CCOCC1. The standard InChI is InChI=1S/C23H28N2O4/c26-23(16-19-6-7-21-22(15-19)29-13-12-28-21)24-17-20(25-8-10-27-11-9-25)14-18-4-2-1-3-5-18/h1-7,15,20H,8-14,16-17H2,(H,24,26). The molecule has 0 aliphatic carbocycles. The number of rotatable bonds is 7. The summed E-state index contributed by atoms with van der Waals surface area (Å²) < 4.78 is 16.7. The van der Waals surface area contributed by atoms with Gasteiger partial charge in [0.05, 0.1) is 19.6 Å². The zero-order valence-electron chi connectivity index (χ0n) is 16.6. The van der Waals surface area contributed by atoms with Gasteiger partial charge >= 0.3 is 0 Å². The van der Waals surface area contributed by atoms with E-state index < -0.39 is 0 Å². The van der Waals surface area contributed by atoms with Crippen molar-refractivity contribution >= 4 is 5.91 Å². The maximum Gasteiger partial charge on any atom is 0.224 e. The molecule has 6 nitrogen and oxygen atoms in total. The Balaban J connectivity index is 1.35. The fourth-order valence-electron chi connectivity index (χ4n) is 3.84. The Hall–Kier alpha value is -2.57. The summed E-state index contributed by atoms with van der Waals surface area (Å²) in [5.41, 5.74) is 2.21. The van der Waals surface area contributed by atoms with Gasteiger partial charge in [-0.25, -0.2) is 0 Å². The molecule has 0 saturated carbocycles. The lowest BCUT2D eigenvalue weighted by molar-refractivity contribution is -0.120. The van der Waals surface area contributed by atoms with E-state index in [4.69, 9.17) is 14.2 Å². The van der Waals surface area contributed by atoms with Crippen LogP contribution in [0.1, 0.15) is 11.1 Å². The number of amides is 1. The topological polar surface area (TPSA) is 60.0 Å². The van der Waals surface area contributed by atoms with Gasteiger partial charge in [0.1, 0.15) is 13.2 Å². The van der Waals surface area contributed by atoms with Gasteiger partial charge in [0.2, 0.25) is 5.91 Å². The van der Waals surface area contributed by atoms with E-state index in [1.54, 1.807) is 0 Å². The molecular weight excluding hydrogens is 368 g/mol. The summed E-state index contributed by atoms with van der Waals surface area (Å²) in [4.78, 5) is 15.0. The van der Waals surface area contributed by atoms with E-state index >= 15 is 0 Å². The zero-order chi connectivity index (χ0) is 19.9. The van der Waals surface area contributed by atoms with E-state index in [2.05, 4.69) is 34.5 Å². The third kappa shape index (κ3) is 5.49. The van der Waals surface area contributed by atoms with Gasteiger partial charge in [-0.3, -0.25) is 9.69 Å². The lowest BCUT2D eigenvalue weighted by atomic mass is 10.0. The van der Waals surface area contributed by atoms with E-state index in [-0.39, 0.29) is 11.9 Å². The second kappa shape index (κ2) is 9.76. The summed E-state index contributed by atoms with van der Waals surface area (Å²) >= 11 is 0. The zero-order valence-corrected chi connectivity index (χ0v) is 16.6. The average molecular weight is 396 g/mol. The number of ether oxygens (including phenoxy) is 3. The molecule has 4 rings (SSSR count). The molecule has 1 amide bonds. The molecule has 2 heterocycles. The first-order chi connectivity index (χ1) is 14.3. The van der Waals surface area contributed by atoms with Crippen molar-refractivity contribution in [3.63, 3.8) is 0 Å². The highest BCUT2D eigenvalue weighted by Gasteiger charge is 2.22. The molecule has 0 bridgehead atoms. The summed E-state index contributed by atoms with van der Waals surface area (Å²) in [5.74, 6) is 1.49. The van der Waals surface area contributed by atoms with Crippen molar-refractivity contribution in [2.24, 2.45) is 0 Å². The van der Waals surface area contributed by atoms with Crippen molar-refractivity contribution in [2.45, 2.75) is 18.9 Å². The molecule has 1 fully saturated rings. The van der Waals surface area contributed by atoms with Crippen molar-refractivity contribution in [1.29, 1.82) is 0 Å². The highest BCUT2D eigenvalue weighted by molar-refractivity contribution is 5.78. The largest absolute Gasteiger partial charge is 0.486 e. The van der Waals surface area contributed by atoms with Gasteiger partial charge in [-0.2, -0.15) is 0 Å². The number of fused-ring (bicyclic) bond motifs is 1. The molecule has 2 aliphatic rings. The van der Waals surface area contributed by atoms with Crippen molar-refractivity contribution in [3.8, 4) is 11.5 Å². The second-order valence-corrected chi connectivity index (χ2v) is 7.45. The molecule has 1 N–H and O–H groups in total. The van der Waals surface area contributed by atoms with Crippen LogP contribution in [0.15, 0.2) is 48.5 Å². The lowest BCUT2D eigenvalue weighted by Gasteiger charge is -2.34. The monoisotopic (exact) mass is 396 g/mol. The molecule has 2 aromatic carbocycles. The molecule has 0 aromatic heterocycles. The fourth-order valence-corrected chi connectivity index (χ4v) is 3.84. The van der Waals surface area contributed by atoms with Crippen LogP contribution in [-0.2, 0) is 22.4 Å². The normalized spacial score (nSPS) is 17.5. The van der Waals surface area contributed by atoms with E-state index in [0.29, 0.717) is 26.2 Å². The predicted molar refractivity (Wildman–Crippen MR) is 110 cm³/mol. The predicted octanol–water partition coefficient (Wildman–Crippen LogP) is 2.06. The number of hydrogen-bond donors (Lipinski definition) is 1. The summed E-state index contributed by atoms with van der Waals surface area (Å²) in [7, 11) is 0. The summed E-state index contributed by atoms with van der Waals surface area (Å²) in [6.07, 6.45) is 1.24. The van der Waals surface area contributed by atoms with Gasteiger partial charge in [-0.15, -0.1) is 0 Å². The van der Waals surface area contributed by atoms with Gasteiger partial charge in [-0.1, -0.05) is 36.4 Å². The van der Waals surface area contributed by atoms with Crippen LogP contribution in [0.25, 0.3) is 0 Å². The van der Waals surface area contributed by atoms with E-state index in [1.807, 2.05) is 24.3 Å². The van der Waals surface area contributed by atoms with Crippen LogP contribution in [0.4, 0.5) is 0 Å². The molecule has 0 spiro atoms. The molecule has 1 atom stereocenters. The number of nitrogens with one attached hydrogen (secondary N) is 1. The van der Waals surface area contributed by atoms with E-state index in [9.17, 15) is 4.79 Å². The third-order valence-corrected chi connectivity index (χ3v) is 5.38. The Morgan fingerprint density at radius 3 is 2.48 bits per heavy atom. The summed E-state index contributed by atoms with van der Waals surface area (Å²) in [5, 5.41) is 3.14. The molecule has 6 heteroatoms. The van der Waals surface area contributed by atoms with Crippen LogP contribution < -0.4 is 14.8 Å². The minimum absolute atomic E-state index is 0.0213. The minimum Gasteiger partial charge on any atom is -0.486 e. The molecule has 2 aromatic rings. The number of nitrogens with zero attached hydrogens (tertiary/aromatic N) is 1. The van der Waals surface area contributed by atoms with Crippen LogP contribution in [0.3, 0.4) is 0 Å². The van der Waals surface area contributed by atoms with Crippen LogP contribution in [0.5, 0.6) is 11.5 Å². The van der Waals surface area contributed by atoms with Crippen LogP contribution in [0, 0.1) is 0 Å². The number of carbonyl (C=O) groups is 1. The molecular formula is C23H28N2O4. The molecule has 1 unspecified atom stereocenters. The van der Waals surface area contributed by atoms with Gasteiger partial charge in [0, 0.05) is 25.7 Å². The Morgan fingerprint density at radius 2 is 1.69 bits per heavy atom. The van der Waals surface area contributed by atoms with Crippen molar-refractivity contribution in [3.05, 3.63) is 59.7 Å². The Kier molecular flexibility index (Phi) is 6.64. The van der Waals surface area contributed by atoms with Crippen LogP contribution in [0.2, 0.25) is 0 Å². The minimum atomic E-state index is 0.0213.